The average Bonchev–Trinajstić information content (AvgIpc) is 3.06. The standard InChI is InChI=1S/C23H18ClN3O5S2/c1-13-11-14(7-8-16(13)24)32-20-15(21(30)26-9-3-2-5-18(26)25-20)12-17-22(31)27(23(33)34-17)10-4-6-19(28)29/h2-3,5,7-9,11-12H,4,6,10H2,1H3,(H,28,29)/b17-12+. The van der Waals surface area contributed by atoms with E-state index in [1.54, 1.807) is 42.6 Å². The van der Waals surface area contributed by atoms with Crippen molar-refractivity contribution in [1.82, 2.24) is 14.3 Å². The van der Waals surface area contributed by atoms with E-state index in [1.165, 1.54) is 15.4 Å². The third kappa shape index (κ3) is 4.98. The van der Waals surface area contributed by atoms with Crippen molar-refractivity contribution in [2.24, 2.45) is 0 Å². The van der Waals surface area contributed by atoms with Crippen LogP contribution in [0.4, 0.5) is 0 Å². The molecule has 2 aromatic heterocycles. The number of thioether (sulfide) groups is 1. The maximum absolute atomic E-state index is 13.3. The highest BCUT2D eigenvalue weighted by Crippen LogP contribution is 2.34. The number of carbonyl (C=O) groups excluding carboxylic acids is 1. The molecule has 1 aromatic carbocycles. The zero-order valence-corrected chi connectivity index (χ0v) is 20.2. The summed E-state index contributed by atoms with van der Waals surface area (Å²) in [7, 11) is 0. The Kier molecular flexibility index (Phi) is 7.01. The first-order valence-electron chi connectivity index (χ1n) is 10.2. The summed E-state index contributed by atoms with van der Waals surface area (Å²) in [6.45, 7) is 2.01. The summed E-state index contributed by atoms with van der Waals surface area (Å²) in [5.74, 6) is -0.874. The first-order valence-corrected chi connectivity index (χ1v) is 11.8. The number of aromatic nitrogens is 2. The number of rotatable bonds is 7. The van der Waals surface area contributed by atoms with Crippen LogP contribution in [-0.2, 0) is 9.59 Å². The summed E-state index contributed by atoms with van der Waals surface area (Å²) in [6, 6.07) is 10.2. The zero-order valence-electron chi connectivity index (χ0n) is 17.9. The topological polar surface area (TPSA) is 101 Å². The van der Waals surface area contributed by atoms with E-state index in [2.05, 4.69) is 4.98 Å². The lowest BCUT2D eigenvalue weighted by Gasteiger charge is -2.13. The number of thiocarbonyl (C=S) groups is 1. The molecule has 0 radical (unpaired) electrons. The third-order valence-corrected chi connectivity index (χ3v) is 6.80. The summed E-state index contributed by atoms with van der Waals surface area (Å²) in [4.78, 5) is 43.1. The first-order chi connectivity index (χ1) is 16.2. The van der Waals surface area contributed by atoms with E-state index in [0.717, 1.165) is 17.3 Å². The van der Waals surface area contributed by atoms with Gasteiger partial charge in [0.2, 0.25) is 5.88 Å². The van der Waals surface area contributed by atoms with E-state index in [0.29, 0.717) is 20.7 Å². The van der Waals surface area contributed by atoms with Crippen molar-refractivity contribution in [3.05, 3.63) is 74.0 Å². The van der Waals surface area contributed by atoms with Gasteiger partial charge in [-0.3, -0.25) is 23.7 Å². The predicted octanol–water partition coefficient (Wildman–Crippen LogP) is 4.51. The van der Waals surface area contributed by atoms with Crippen LogP contribution in [-0.4, -0.2) is 42.1 Å². The van der Waals surface area contributed by atoms with Crippen molar-refractivity contribution in [3.63, 3.8) is 0 Å². The molecule has 1 N–H and O–H groups in total. The van der Waals surface area contributed by atoms with Gasteiger partial charge in [-0.15, -0.1) is 0 Å². The number of benzene rings is 1. The van der Waals surface area contributed by atoms with Crippen molar-refractivity contribution in [2.45, 2.75) is 19.8 Å². The summed E-state index contributed by atoms with van der Waals surface area (Å²) < 4.78 is 7.62. The zero-order chi connectivity index (χ0) is 24.4. The van der Waals surface area contributed by atoms with Crippen LogP contribution >= 0.6 is 35.6 Å². The van der Waals surface area contributed by atoms with Crippen LogP contribution in [0.25, 0.3) is 11.7 Å². The monoisotopic (exact) mass is 515 g/mol. The molecular weight excluding hydrogens is 498 g/mol. The Hall–Kier alpha value is -3.21. The Balaban J connectivity index is 1.75. The molecule has 0 spiro atoms. The van der Waals surface area contributed by atoms with Gasteiger partial charge in [0.15, 0.2) is 0 Å². The molecule has 8 nitrogen and oxygen atoms in total. The van der Waals surface area contributed by atoms with Gasteiger partial charge in [0, 0.05) is 24.2 Å². The predicted molar refractivity (Wildman–Crippen MR) is 134 cm³/mol. The summed E-state index contributed by atoms with van der Waals surface area (Å²) in [5, 5.41) is 9.42. The van der Waals surface area contributed by atoms with Gasteiger partial charge in [0.1, 0.15) is 21.3 Å². The lowest BCUT2D eigenvalue weighted by Crippen LogP contribution is -2.29. The Bertz CT molecular complexity index is 1420. The average molecular weight is 516 g/mol. The maximum Gasteiger partial charge on any atom is 0.303 e. The van der Waals surface area contributed by atoms with Crippen molar-refractivity contribution < 1.29 is 19.4 Å². The number of ether oxygens (including phenoxy) is 1. The molecule has 4 rings (SSSR count). The lowest BCUT2D eigenvalue weighted by molar-refractivity contribution is -0.137. The Morgan fingerprint density at radius 2 is 2.09 bits per heavy atom. The van der Waals surface area contributed by atoms with Crippen LogP contribution < -0.4 is 10.3 Å². The number of aryl methyl sites for hydroxylation is 1. The molecule has 1 aliphatic heterocycles. The molecule has 34 heavy (non-hydrogen) atoms. The van der Waals surface area contributed by atoms with E-state index >= 15 is 0 Å². The minimum atomic E-state index is -0.949. The van der Waals surface area contributed by atoms with Crippen LogP contribution in [0.5, 0.6) is 11.6 Å². The highest BCUT2D eigenvalue weighted by atomic mass is 35.5. The second-order valence-corrected chi connectivity index (χ2v) is 9.49. The Labute approximate surface area is 208 Å². The molecule has 174 valence electrons. The van der Waals surface area contributed by atoms with Gasteiger partial charge in [-0.1, -0.05) is 41.6 Å². The molecule has 1 fully saturated rings. The van der Waals surface area contributed by atoms with Gasteiger partial charge in [-0.2, -0.15) is 4.98 Å². The second-order valence-electron chi connectivity index (χ2n) is 7.41. The van der Waals surface area contributed by atoms with E-state index in [9.17, 15) is 14.4 Å². The second kappa shape index (κ2) is 9.96. The molecule has 3 aromatic rings. The van der Waals surface area contributed by atoms with Crippen LogP contribution in [0, 0.1) is 6.92 Å². The number of aliphatic carboxylic acids is 1. The molecular formula is C23H18ClN3O5S2. The number of pyridine rings is 1. The maximum atomic E-state index is 13.3. The molecule has 11 heteroatoms. The summed E-state index contributed by atoms with van der Waals surface area (Å²) in [6.07, 6.45) is 3.18. The number of hydrogen-bond acceptors (Lipinski definition) is 7. The highest BCUT2D eigenvalue weighted by molar-refractivity contribution is 8.26. The molecule has 1 amide bonds. The largest absolute Gasteiger partial charge is 0.481 e. The van der Waals surface area contributed by atoms with E-state index in [1.807, 2.05) is 6.92 Å². The molecule has 3 heterocycles. The molecule has 0 unspecified atom stereocenters. The smallest absolute Gasteiger partial charge is 0.303 e. The van der Waals surface area contributed by atoms with Gasteiger partial charge in [0.25, 0.3) is 11.5 Å². The molecule has 0 atom stereocenters. The minimum absolute atomic E-state index is 0.0362. The fourth-order valence-corrected chi connectivity index (χ4v) is 4.70. The van der Waals surface area contributed by atoms with Gasteiger partial charge in [-0.25, -0.2) is 0 Å². The first kappa shape index (κ1) is 23.9. The van der Waals surface area contributed by atoms with Crippen LogP contribution in [0.2, 0.25) is 5.02 Å². The fourth-order valence-electron chi connectivity index (χ4n) is 3.29. The van der Waals surface area contributed by atoms with Crippen LogP contribution in [0.3, 0.4) is 0 Å². The number of halogens is 1. The minimum Gasteiger partial charge on any atom is -0.481 e. The molecule has 0 aliphatic carbocycles. The number of hydrogen-bond donors (Lipinski definition) is 1. The number of fused-ring (bicyclic) bond motifs is 1. The number of amides is 1. The highest BCUT2D eigenvalue weighted by Gasteiger charge is 2.32. The number of carboxylic acid groups (broad SMARTS) is 1. The molecule has 0 saturated carbocycles. The third-order valence-electron chi connectivity index (χ3n) is 5.00. The van der Waals surface area contributed by atoms with Gasteiger partial charge in [0.05, 0.1) is 4.91 Å². The van der Waals surface area contributed by atoms with E-state index < -0.39 is 17.4 Å². The van der Waals surface area contributed by atoms with Crippen molar-refractivity contribution in [3.8, 4) is 11.6 Å². The quantitative estimate of drug-likeness (QED) is 0.362. The Morgan fingerprint density at radius 3 is 2.82 bits per heavy atom. The number of nitrogens with zero attached hydrogens (tertiary/aromatic N) is 3. The normalized spacial score (nSPS) is 14.9. The van der Waals surface area contributed by atoms with Gasteiger partial charge >= 0.3 is 5.97 Å². The SMILES string of the molecule is Cc1cc(Oc2nc3ccccn3c(=O)c2/C=C2/SC(=S)N(CCCC(=O)O)C2=O)ccc1Cl. The fraction of sp³-hybridized carbons (Fsp3) is 0.174. The van der Waals surface area contributed by atoms with E-state index in [-0.39, 0.29) is 35.7 Å². The summed E-state index contributed by atoms with van der Waals surface area (Å²) in [5.41, 5.74) is 0.844. The van der Waals surface area contributed by atoms with Crippen LogP contribution in [0.15, 0.2) is 52.3 Å². The number of carboxylic acids is 1. The van der Waals surface area contributed by atoms with Crippen molar-refractivity contribution in [2.75, 3.05) is 6.54 Å². The van der Waals surface area contributed by atoms with Gasteiger partial charge in [-0.05, 0) is 55.3 Å². The molecule has 1 aliphatic rings. The molecule has 1 saturated heterocycles. The number of carbonyl (C=O) groups is 2. The van der Waals surface area contributed by atoms with Crippen LogP contribution in [0.1, 0.15) is 24.0 Å². The van der Waals surface area contributed by atoms with Crippen molar-refractivity contribution in [1.29, 1.82) is 0 Å². The Morgan fingerprint density at radius 1 is 1.29 bits per heavy atom. The lowest BCUT2D eigenvalue weighted by atomic mass is 10.2. The van der Waals surface area contributed by atoms with Gasteiger partial charge < -0.3 is 9.84 Å². The van der Waals surface area contributed by atoms with Crippen molar-refractivity contribution >= 4 is 63.5 Å². The summed E-state index contributed by atoms with van der Waals surface area (Å²) >= 11 is 12.4. The molecule has 0 bridgehead atoms. The van der Waals surface area contributed by atoms with E-state index in [4.69, 9.17) is 33.7 Å².